The van der Waals surface area contributed by atoms with E-state index in [-0.39, 0.29) is 5.41 Å². The standard InChI is InChI=1S/C18H20N2/c1-2-20-16-6-4-3-5-14(16)15-11-13(7-8-17(15)20)18(12-19)9-10-18/h3-8,11H,2,9-10,12,19H2,1H3. The molecule has 0 aliphatic heterocycles. The molecular formula is C18H20N2. The van der Waals surface area contributed by atoms with Crippen LogP contribution in [-0.4, -0.2) is 11.1 Å². The van der Waals surface area contributed by atoms with E-state index >= 15 is 0 Å². The van der Waals surface area contributed by atoms with Gasteiger partial charge in [-0.05, 0) is 43.5 Å². The maximum Gasteiger partial charge on any atom is 0.0491 e. The highest BCUT2D eigenvalue weighted by Gasteiger charge is 2.42. The van der Waals surface area contributed by atoms with Crippen molar-refractivity contribution in [2.24, 2.45) is 5.73 Å². The SMILES string of the molecule is CCn1c2ccccc2c2cc(C3(CN)CC3)ccc21. The molecular weight excluding hydrogens is 244 g/mol. The molecule has 1 aromatic heterocycles. The molecule has 4 rings (SSSR count). The number of benzene rings is 2. The number of para-hydroxylation sites is 1. The lowest BCUT2D eigenvalue weighted by atomic mass is 9.94. The van der Waals surface area contributed by atoms with E-state index in [9.17, 15) is 0 Å². The summed E-state index contributed by atoms with van der Waals surface area (Å²) in [6.07, 6.45) is 2.48. The molecule has 0 bridgehead atoms. The first-order chi connectivity index (χ1) is 9.79. The number of aromatic nitrogens is 1. The average molecular weight is 264 g/mol. The molecule has 0 amide bonds. The normalized spacial score (nSPS) is 16.9. The highest BCUT2D eigenvalue weighted by atomic mass is 15.0. The van der Waals surface area contributed by atoms with Gasteiger partial charge in [0.1, 0.15) is 0 Å². The summed E-state index contributed by atoms with van der Waals surface area (Å²) in [5.41, 5.74) is 10.3. The van der Waals surface area contributed by atoms with Crippen LogP contribution in [0.25, 0.3) is 21.8 Å². The largest absolute Gasteiger partial charge is 0.341 e. The minimum Gasteiger partial charge on any atom is -0.341 e. The molecule has 102 valence electrons. The first-order valence-electron chi connectivity index (χ1n) is 7.50. The van der Waals surface area contributed by atoms with Crippen LogP contribution in [0.1, 0.15) is 25.3 Å². The second-order valence-electron chi connectivity index (χ2n) is 5.98. The molecule has 1 saturated carbocycles. The van der Waals surface area contributed by atoms with E-state index in [1.165, 1.54) is 40.2 Å². The quantitative estimate of drug-likeness (QED) is 0.766. The Morgan fingerprint density at radius 1 is 1.05 bits per heavy atom. The summed E-state index contributed by atoms with van der Waals surface area (Å²) in [6.45, 7) is 3.98. The maximum absolute atomic E-state index is 5.98. The fraction of sp³-hybridized carbons (Fsp3) is 0.333. The van der Waals surface area contributed by atoms with Crippen LogP contribution in [0.4, 0.5) is 0 Å². The van der Waals surface area contributed by atoms with Gasteiger partial charge in [-0.25, -0.2) is 0 Å². The summed E-state index contributed by atoms with van der Waals surface area (Å²) in [4.78, 5) is 0. The van der Waals surface area contributed by atoms with Crippen LogP contribution in [0, 0.1) is 0 Å². The van der Waals surface area contributed by atoms with Crippen LogP contribution in [0.2, 0.25) is 0 Å². The zero-order chi connectivity index (χ0) is 13.7. The molecule has 0 unspecified atom stereocenters. The highest BCUT2D eigenvalue weighted by Crippen LogP contribution is 2.48. The van der Waals surface area contributed by atoms with E-state index in [4.69, 9.17) is 5.73 Å². The first-order valence-corrected chi connectivity index (χ1v) is 7.50. The summed E-state index contributed by atoms with van der Waals surface area (Å²) in [5.74, 6) is 0. The van der Waals surface area contributed by atoms with Crippen molar-refractivity contribution in [3.8, 4) is 0 Å². The molecule has 2 N–H and O–H groups in total. The van der Waals surface area contributed by atoms with Gasteiger partial charge in [-0.1, -0.05) is 24.3 Å². The van der Waals surface area contributed by atoms with Crippen molar-refractivity contribution < 1.29 is 0 Å². The van der Waals surface area contributed by atoms with E-state index in [0.29, 0.717) is 0 Å². The Labute approximate surface area is 119 Å². The van der Waals surface area contributed by atoms with Crippen molar-refractivity contribution in [2.75, 3.05) is 6.54 Å². The topological polar surface area (TPSA) is 30.9 Å². The summed E-state index contributed by atoms with van der Waals surface area (Å²) in [5, 5.41) is 2.73. The van der Waals surface area contributed by atoms with E-state index in [0.717, 1.165) is 13.1 Å². The van der Waals surface area contributed by atoms with Crippen LogP contribution in [-0.2, 0) is 12.0 Å². The van der Waals surface area contributed by atoms with Crippen molar-refractivity contribution in [1.29, 1.82) is 0 Å². The van der Waals surface area contributed by atoms with Crippen LogP contribution in [0.15, 0.2) is 42.5 Å². The maximum atomic E-state index is 5.98. The van der Waals surface area contributed by atoms with Gasteiger partial charge in [0, 0.05) is 40.3 Å². The fourth-order valence-corrected chi connectivity index (χ4v) is 3.49. The van der Waals surface area contributed by atoms with Gasteiger partial charge < -0.3 is 10.3 Å². The molecule has 2 heteroatoms. The summed E-state index contributed by atoms with van der Waals surface area (Å²) < 4.78 is 2.40. The molecule has 0 saturated heterocycles. The molecule has 2 aromatic carbocycles. The smallest absolute Gasteiger partial charge is 0.0491 e. The summed E-state index contributed by atoms with van der Waals surface area (Å²) >= 11 is 0. The molecule has 2 nitrogen and oxygen atoms in total. The molecule has 0 atom stereocenters. The lowest BCUT2D eigenvalue weighted by molar-refractivity contribution is 0.705. The van der Waals surface area contributed by atoms with Crippen molar-refractivity contribution in [3.63, 3.8) is 0 Å². The van der Waals surface area contributed by atoms with Crippen LogP contribution in [0.5, 0.6) is 0 Å². The van der Waals surface area contributed by atoms with E-state index < -0.39 is 0 Å². The number of hydrogen-bond acceptors (Lipinski definition) is 1. The predicted octanol–water partition coefficient (Wildman–Crippen LogP) is 3.80. The third-order valence-corrected chi connectivity index (χ3v) is 4.95. The van der Waals surface area contributed by atoms with Crippen molar-refractivity contribution >= 4 is 21.8 Å². The Kier molecular flexibility index (Phi) is 2.45. The third kappa shape index (κ3) is 1.49. The summed E-state index contributed by atoms with van der Waals surface area (Å²) in [6, 6.07) is 15.6. The Balaban J connectivity index is 2.05. The van der Waals surface area contributed by atoms with Crippen LogP contribution >= 0.6 is 0 Å². The average Bonchev–Trinajstić information content (AvgIpc) is 3.24. The van der Waals surface area contributed by atoms with Crippen LogP contribution in [0.3, 0.4) is 0 Å². The van der Waals surface area contributed by atoms with E-state index in [1.54, 1.807) is 0 Å². The molecule has 20 heavy (non-hydrogen) atoms. The van der Waals surface area contributed by atoms with Gasteiger partial charge in [0.2, 0.25) is 0 Å². The molecule has 3 aromatic rings. The lowest BCUT2D eigenvalue weighted by Crippen LogP contribution is -2.19. The number of hydrogen-bond donors (Lipinski definition) is 1. The Hall–Kier alpha value is -1.80. The Bertz CT molecular complexity index is 794. The number of nitrogens with two attached hydrogens (primary N) is 1. The highest BCUT2D eigenvalue weighted by molar-refractivity contribution is 6.08. The molecule has 1 heterocycles. The zero-order valence-electron chi connectivity index (χ0n) is 11.9. The Morgan fingerprint density at radius 2 is 1.80 bits per heavy atom. The number of nitrogens with zero attached hydrogens (tertiary/aromatic N) is 1. The minimum absolute atomic E-state index is 0.267. The zero-order valence-corrected chi connectivity index (χ0v) is 11.9. The number of aryl methyl sites for hydroxylation is 1. The van der Waals surface area contributed by atoms with Gasteiger partial charge in [0.05, 0.1) is 0 Å². The third-order valence-electron chi connectivity index (χ3n) is 4.95. The molecule has 1 aliphatic carbocycles. The lowest BCUT2D eigenvalue weighted by Gasteiger charge is -2.13. The fourth-order valence-electron chi connectivity index (χ4n) is 3.49. The van der Waals surface area contributed by atoms with E-state index in [1.807, 2.05) is 0 Å². The second-order valence-corrected chi connectivity index (χ2v) is 5.98. The van der Waals surface area contributed by atoms with E-state index in [2.05, 4.69) is 54.0 Å². The Morgan fingerprint density at radius 3 is 2.50 bits per heavy atom. The van der Waals surface area contributed by atoms with Gasteiger partial charge in [-0.3, -0.25) is 0 Å². The minimum atomic E-state index is 0.267. The first kappa shape index (κ1) is 12.0. The van der Waals surface area contributed by atoms with Gasteiger partial charge in [-0.15, -0.1) is 0 Å². The van der Waals surface area contributed by atoms with Crippen molar-refractivity contribution in [2.45, 2.75) is 31.7 Å². The van der Waals surface area contributed by atoms with Gasteiger partial charge in [-0.2, -0.15) is 0 Å². The molecule has 0 spiro atoms. The van der Waals surface area contributed by atoms with Crippen molar-refractivity contribution in [3.05, 3.63) is 48.0 Å². The van der Waals surface area contributed by atoms with Gasteiger partial charge >= 0.3 is 0 Å². The van der Waals surface area contributed by atoms with Crippen LogP contribution < -0.4 is 5.73 Å². The molecule has 1 fully saturated rings. The molecule has 1 aliphatic rings. The van der Waals surface area contributed by atoms with Crippen molar-refractivity contribution in [1.82, 2.24) is 4.57 Å². The van der Waals surface area contributed by atoms with Gasteiger partial charge in [0.15, 0.2) is 0 Å². The van der Waals surface area contributed by atoms with Gasteiger partial charge in [0.25, 0.3) is 0 Å². The number of fused-ring (bicyclic) bond motifs is 3. The monoisotopic (exact) mass is 264 g/mol. The molecule has 0 radical (unpaired) electrons. The number of rotatable bonds is 3. The predicted molar refractivity (Wildman–Crippen MR) is 85.1 cm³/mol. The summed E-state index contributed by atoms with van der Waals surface area (Å²) in [7, 11) is 0. The second kappa shape index (κ2) is 4.10.